The van der Waals surface area contributed by atoms with E-state index in [0.29, 0.717) is 11.1 Å². The summed E-state index contributed by atoms with van der Waals surface area (Å²) in [5.74, 6) is -1.09. The first-order valence-electron chi connectivity index (χ1n) is 4.56. The fourth-order valence-electron chi connectivity index (χ4n) is 0.970. The maximum atomic E-state index is 10.6. The van der Waals surface area contributed by atoms with Crippen LogP contribution in [0.25, 0.3) is 5.57 Å². The first-order chi connectivity index (χ1) is 8.04. The maximum Gasteiger partial charge on any atom is 0.354 e. The number of pyridine rings is 1. The number of nitriles is 1. The predicted octanol–water partition coefficient (Wildman–Crippen LogP) is 1.90. The predicted molar refractivity (Wildman–Crippen MR) is 63.5 cm³/mol. The van der Waals surface area contributed by atoms with Gasteiger partial charge in [-0.15, -0.1) is 0 Å². The van der Waals surface area contributed by atoms with Crippen molar-refractivity contribution in [2.45, 2.75) is 0 Å². The van der Waals surface area contributed by atoms with Crippen LogP contribution in [0.1, 0.15) is 16.1 Å². The summed E-state index contributed by atoms with van der Waals surface area (Å²) < 4.78 is 0. The van der Waals surface area contributed by atoms with E-state index >= 15 is 0 Å². The standard InChI is InChI=1S/C12H9N3O2/c1-8(6-14-9(2)5-13)10-3-4-11(12(16)17)15-7-10/h3-4,6-7H,1-2H2,(H,16,17). The lowest BCUT2D eigenvalue weighted by molar-refractivity contribution is 0.0690. The number of aromatic carboxylic acids is 1. The minimum absolute atomic E-state index is 0.0417. The number of carbonyl (C=O) groups is 1. The third kappa shape index (κ3) is 3.39. The van der Waals surface area contributed by atoms with Crippen LogP contribution < -0.4 is 0 Å². The van der Waals surface area contributed by atoms with Gasteiger partial charge in [0.15, 0.2) is 0 Å². The molecule has 0 aliphatic heterocycles. The molecule has 1 N–H and O–H groups in total. The zero-order valence-electron chi connectivity index (χ0n) is 8.92. The third-order valence-corrected chi connectivity index (χ3v) is 1.86. The van der Waals surface area contributed by atoms with Crippen molar-refractivity contribution in [3.63, 3.8) is 0 Å². The number of hydrogen-bond acceptors (Lipinski definition) is 4. The molecule has 0 bridgehead atoms. The molecule has 0 saturated heterocycles. The quantitative estimate of drug-likeness (QED) is 0.628. The van der Waals surface area contributed by atoms with Gasteiger partial charge in [-0.3, -0.25) is 0 Å². The van der Waals surface area contributed by atoms with Gasteiger partial charge in [0.25, 0.3) is 0 Å². The van der Waals surface area contributed by atoms with Gasteiger partial charge < -0.3 is 5.11 Å². The second-order valence-corrected chi connectivity index (χ2v) is 3.08. The summed E-state index contributed by atoms with van der Waals surface area (Å²) in [4.78, 5) is 18.1. The molecule has 1 aromatic heterocycles. The number of aromatic nitrogens is 1. The Bertz CT molecular complexity index is 536. The fourth-order valence-corrected chi connectivity index (χ4v) is 0.970. The van der Waals surface area contributed by atoms with Gasteiger partial charge in [-0.25, -0.2) is 14.8 Å². The van der Waals surface area contributed by atoms with Crippen LogP contribution in [-0.2, 0) is 0 Å². The Labute approximate surface area is 98.1 Å². The lowest BCUT2D eigenvalue weighted by Crippen LogP contribution is -2.00. The summed E-state index contributed by atoms with van der Waals surface area (Å²) in [6.45, 7) is 7.10. The number of rotatable bonds is 4. The highest BCUT2D eigenvalue weighted by molar-refractivity contribution is 6.09. The van der Waals surface area contributed by atoms with Crippen LogP contribution in [0.2, 0.25) is 0 Å². The maximum absolute atomic E-state index is 10.6. The lowest BCUT2D eigenvalue weighted by atomic mass is 10.1. The molecule has 5 heteroatoms. The van der Waals surface area contributed by atoms with Crippen molar-refractivity contribution in [1.82, 2.24) is 4.98 Å². The van der Waals surface area contributed by atoms with Crippen LogP contribution in [0.15, 0.2) is 42.2 Å². The molecule has 5 nitrogen and oxygen atoms in total. The highest BCUT2D eigenvalue weighted by Gasteiger charge is 2.04. The van der Waals surface area contributed by atoms with Crippen molar-refractivity contribution >= 4 is 17.8 Å². The van der Waals surface area contributed by atoms with Crippen LogP contribution >= 0.6 is 0 Å². The fraction of sp³-hybridized carbons (Fsp3) is 0. The lowest BCUT2D eigenvalue weighted by Gasteiger charge is -1.99. The SMILES string of the molecule is C=C(C#N)N=CC(=C)c1ccc(C(=O)O)nc1. The van der Waals surface area contributed by atoms with Crippen molar-refractivity contribution in [2.24, 2.45) is 4.99 Å². The number of carboxylic acids is 1. The molecule has 0 unspecified atom stereocenters. The molecule has 0 atom stereocenters. The average Bonchev–Trinajstić information content (AvgIpc) is 2.35. The first-order valence-corrected chi connectivity index (χ1v) is 4.56. The van der Waals surface area contributed by atoms with Gasteiger partial charge in [-0.1, -0.05) is 19.2 Å². The summed E-state index contributed by atoms with van der Waals surface area (Å²) in [6, 6.07) is 4.71. The van der Waals surface area contributed by atoms with Crippen LogP contribution in [0.4, 0.5) is 0 Å². The molecule has 0 spiro atoms. The highest BCUT2D eigenvalue weighted by atomic mass is 16.4. The number of allylic oxidation sites excluding steroid dienone is 2. The number of hydrogen-bond donors (Lipinski definition) is 1. The summed E-state index contributed by atoms with van der Waals surface area (Å²) >= 11 is 0. The van der Waals surface area contributed by atoms with E-state index in [9.17, 15) is 4.79 Å². The van der Waals surface area contributed by atoms with Crippen LogP contribution in [0.5, 0.6) is 0 Å². The van der Waals surface area contributed by atoms with E-state index in [0.717, 1.165) is 0 Å². The summed E-state index contributed by atoms with van der Waals surface area (Å²) in [7, 11) is 0. The average molecular weight is 227 g/mol. The minimum atomic E-state index is -1.09. The Morgan fingerprint density at radius 1 is 1.53 bits per heavy atom. The van der Waals surface area contributed by atoms with Gasteiger partial charge in [-0.2, -0.15) is 5.26 Å². The molecule has 0 fully saturated rings. The smallest absolute Gasteiger partial charge is 0.354 e. The monoisotopic (exact) mass is 227 g/mol. The molecule has 1 rings (SSSR count). The minimum Gasteiger partial charge on any atom is -0.477 e. The van der Waals surface area contributed by atoms with Crippen LogP contribution in [0.3, 0.4) is 0 Å². The number of carboxylic acid groups (broad SMARTS) is 1. The molecule has 17 heavy (non-hydrogen) atoms. The molecule has 0 saturated carbocycles. The molecule has 84 valence electrons. The Morgan fingerprint density at radius 2 is 2.24 bits per heavy atom. The van der Waals surface area contributed by atoms with E-state index in [2.05, 4.69) is 23.1 Å². The molecule has 0 radical (unpaired) electrons. The highest BCUT2D eigenvalue weighted by Crippen LogP contribution is 2.10. The molecular formula is C12H9N3O2. The van der Waals surface area contributed by atoms with Crippen molar-refractivity contribution in [2.75, 3.05) is 0 Å². The Hall–Kier alpha value is -2.74. The molecule has 0 aromatic carbocycles. The zero-order valence-corrected chi connectivity index (χ0v) is 8.92. The Balaban J connectivity index is 2.84. The van der Waals surface area contributed by atoms with Gasteiger partial charge in [0.2, 0.25) is 0 Å². The normalized spacial score (nSPS) is 9.82. The van der Waals surface area contributed by atoms with E-state index in [1.165, 1.54) is 18.5 Å². The van der Waals surface area contributed by atoms with Crippen LogP contribution in [0, 0.1) is 11.3 Å². The van der Waals surface area contributed by atoms with E-state index in [1.54, 1.807) is 12.1 Å². The van der Waals surface area contributed by atoms with Crippen molar-refractivity contribution in [3.8, 4) is 6.07 Å². The second-order valence-electron chi connectivity index (χ2n) is 3.08. The summed E-state index contributed by atoms with van der Waals surface area (Å²) in [5, 5.41) is 17.1. The summed E-state index contributed by atoms with van der Waals surface area (Å²) in [5.41, 5.74) is 1.18. The molecule has 1 heterocycles. The van der Waals surface area contributed by atoms with Crippen molar-refractivity contribution in [1.29, 1.82) is 5.26 Å². The molecule has 0 aliphatic carbocycles. The molecule has 1 aromatic rings. The van der Waals surface area contributed by atoms with Gasteiger partial charge >= 0.3 is 5.97 Å². The Kier molecular flexibility index (Phi) is 3.90. The van der Waals surface area contributed by atoms with E-state index < -0.39 is 5.97 Å². The Morgan fingerprint density at radius 3 is 2.71 bits per heavy atom. The first kappa shape index (κ1) is 12.3. The van der Waals surface area contributed by atoms with Crippen molar-refractivity contribution in [3.05, 3.63) is 48.4 Å². The van der Waals surface area contributed by atoms with Gasteiger partial charge in [0.1, 0.15) is 17.5 Å². The van der Waals surface area contributed by atoms with Crippen molar-refractivity contribution < 1.29 is 9.90 Å². The van der Waals surface area contributed by atoms with Crippen LogP contribution in [-0.4, -0.2) is 22.3 Å². The molecular weight excluding hydrogens is 218 g/mol. The number of nitrogens with zero attached hydrogens (tertiary/aromatic N) is 3. The van der Waals surface area contributed by atoms with E-state index in [-0.39, 0.29) is 11.4 Å². The topological polar surface area (TPSA) is 86.3 Å². The van der Waals surface area contributed by atoms with E-state index in [4.69, 9.17) is 10.4 Å². The molecule has 0 amide bonds. The largest absolute Gasteiger partial charge is 0.477 e. The molecule has 0 aliphatic rings. The zero-order chi connectivity index (χ0) is 12.8. The van der Waals surface area contributed by atoms with Gasteiger partial charge in [0, 0.05) is 18.0 Å². The number of aliphatic imine (C=N–C) groups is 1. The third-order valence-electron chi connectivity index (χ3n) is 1.86. The second kappa shape index (κ2) is 5.37. The van der Waals surface area contributed by atoms with Gasteiger partial charge in [0.05, 0.1) is 0 Å². The van der Waals surface area contributed by atoms with E-state index in [1.807, 2.05) is 0 Å². The summed E-state index contributed by atoms with van der Waals surface area (Å²) in [6.07, 6.45) is 2.76. The van der Waals surface area contributed by atoms with Gasteiger partial charge in [-0.05, 0) is 11.6 Å².